The highest BCUT2D eigenvalue weighted by atomic mass is 16.5. The Hall–Kier alpha value is -2.93. The van der Waals surface area contributed by atoms with Crippen molar-refractivity contribution in [1.82, 2.24) is 25.1 Å². The lowest BCUT2D eigenvalue weighted by molar-refractivity contribution is 0.160. The molecule has 30 heavy (non-hydrogen) atoms. The quantitative estimate of drug-likeness (QED) is 0.723. The first kappa shape index (κ1) is 17.9. The highest BCUT2D eigenvalue weighted by Crippen LogP contribution is 2.40. The lowest BCUT2D eigenvalue weighted by atomic mass is 9.96. The van der Waals surface area contributed by atoms with Crippen LogP contribution in [0.5, 0.6) is 5.88 Å². The van der Waals surface area contributed by atoms with Crippen LogP contribution in [0.3, 0.4) is 0 Å². The van der Waals surface area contributed by atoms with Crippen LogP contribution in [0.25, 0.3) is 22.3 Å². The molecular weight excluding hydrogens is 376 g/mol. The molecule has 3 aromatic rings. The summed E-state index contributed by atoms with van der Waals surface area (Å²) in [5.74, 6) is 1.45. The first-order chi connectivity index (χ1) is 14.7. The van der Waals surface area contributed by atoms with E-state index >= 15 is 0 Å². The number of benzene rings is 1. The van der Waals surface area contributed by atoms with Crippen molar-refractivity contribution in [2.45, 2.75) is 50.4 Å². The zero-order valence-corrected chi connectivity index (χ0v) is 17.4. The minimum absolute atomic E-state index is 0.491. The minimum Gasteiger partial charge on any atom is -0.472 e. The third-order valence-corrected chi connectivity index (χ3v) is 7.27. The molecule has 0 radical (unpaired) electrons. The topological polar surface area (TPSA) is 70.2 Å². The molecule has 3 aliphatic heterocycles. The van der Waals surface area contributed by atoms with Crippen molar-refractivity contribution in [3.05, 3.63) is 42.4 Å². The number of fused-ring (bicyclic) bond motifs is 5. The summed E-state index contributed by atoms with van der Waals surface area (Å²) >= 11 is 0. The van der Waals surface area contributed by atoms with Gasteiger partial charge in [0.2, 0.25) is 11.8 Å². The Morgan fingerprint density at radius 2 is 1.93 bits per heavy atom. The molecule has 7 heteroatoms. The monoisotopic (exact) mass is 402 g/mol. The maximum absolute atomic E-state index is 6.06. The summed E-state index contributed by atoms with van der Waals surface area (Å²) in [6.07, 6.45) is 10.7. The van der Waals surface area contributed by atoms with Gasteiger partial charge in [0, 0.05) is 43.1 Å². The van der Waals surface area contributed by atoms with Crippen molar-refractivity contribution < 1.29 is 4.74 Å². The number of anilines is 1. The molecule has 0 spiro atoms. The lowest BCUT2D eigenvalue weighted by Gasteiger charge is -2.40. The van der Waals surface area contributed by atoms with Crippen LogP contribution in [0.1, 0.15) is 31.2 Å². The van der Waals surface area contributed by atoms with Crippen molar-refractivity contribution in [3.63, 3.8) is 0 Å². The van der Waals surface area contributed by atoms with E-state index in [9.17, 15) is 0 Å². The van der Waals surface area contributed by atoms with Gasteiger partial charge in [0.05, 0.1) is 11.8 Å². The van der Waals surface area contributed by atoms with E-state index in [1.165, 1.54) is 25.7 Å². The van der Waals surface area contributed by atoms with Crippen LogP contribution in [0, 0.1) is 0 Å². The van der Waals surface area contributed by atoms with Crippen LogP contribution in [0.15, 0.2) is 36.8 Å². The summed E-state index contributed by atoms with van der Waals surface area (Å²) in [6, 6.07) is 8.30. The Labute approximate surface area is 176 Å². The molecule has 0 amide bonds. The Bertz CT molecular complexity index is 1070. The molecule has 5 heterocycles. The molecule has 154 valence electrons. The van der Waals surface area contributed by atoms with E-state index in [0.29, 0.717) is 30.6 Å². The molecule has 2 unspecified atom stereocenters. The van der Waals surface area contributed by atoms with Gasteiger partial charge >= 0.3 is 0 Å². The van der Waals surface area contributed by atoms with E-state index in [1.54, 1.807) is 0 Å². The van der Waals surface area contributed by atoms with E-state index in [2.05, 4.69) is 52.3 Å². The van der Waals surface area contributed by atoms with Gasteiger partial charge in [-0.15, -0.1) is 0 Å². The van der Waals surface area contributed by atoms with Crippen molar-refractivity contribution in [1.29, 1.82) is 0 Å². The molecule has 2 saturated heterocycles. The predicted octanol–water partition coefficient (Wildman–Crippen LogP) is 3.49. The van der Waals surface area contributed by atoms with Gasteiger partial charge in [-0.3, -0.25) is 5.10 Å². The number of nitrogens with zero attached hydrogens (tertiary/aromatic N) is 5. The summed E-state index contributed by atoms with van der Waals surface area (Å²) in [5, 5.41) is 6.92. The highest BCUT2D eigenvalue weighted by Gasteiger charge is 2.40. The Kier molecular flexibility index (Phi) is 4.06. The van der Waals surface area contributed by atoms with Crippen molar-refractivity contribution in [2.24, 2.45) is 0 Å². The van der Waals surface area contributed by atoms with Crippen LogP contribution in [-0.2, 0) is 6.61 Å². The smallest absolute Gasteiger partial charge is 0.228 e. The van der Waals surface area contributed by atoms with E-state index in [4.69, 9.17) is 14.7 Å². The van der Waals surface area contributed by atoms with Gasteiger partial charge in [-0.25, -0.2) is 4.98 Å². The standard InChI is InChI=1S/C23H26N6O/c1-28-17-4-5-18(28)9-19(8-17)29(2)23-24-12-21-20-6-3-14(16-10-25-26-11-16)7-15(20)13-30-22(21)27-23/h3,6-7,10-12,17-19H,4-5,8-9,13H2,1-2H3,(H,25,26). The zero-order chi connectivity index (χ0) is 20.2. The van der Waals surface area contributed by atoms with Gasteiger partial charge in [0.25, 0.3) is 0 Å². The number of aromatic amines is 1. The third kappa shape index (κ3) is 2.80. The number of H-pyrrole nitrogens is 1. The second-order valence-electron chi connectivity index (χ2n) is 8.82. The number of piperidine rings is 1. The average molecular weight is 403 g/mol. The second-order valence-corrected chi connectivity index (χ2v) is 8.82. The fraction of sp³-hybridized carbons (Fsp3) is 0.435. The number of hydrogen-bond acceptors (Lipinski definition) is 6. The van der Waals surface area contributed by atoms with Crippen LogP contribution in [0.2, 0.25) is 0 Å². The fourth-order valence-corrected chi connectivity index (χ4v) is 5.39. The maximum Gasteiger partial charge on any atom is 0.228 e. The number of hydrogen-bond donors (Lipinski definition) is 1. The van der Waals surface area contributed by atoms with E-state index < -0.39 is 0 Å². The van der Waals surface area contributed by atoms with Crippen LogP contribution >= 0.6 is 0 Å². The molecule has 2 fully saturated rings. The molecule has 2 atom stereocenters. The van der Waals surface area contributed by atoms with Crippen LogP contribution in [-0.4, -0.2) is 57.3 Å². The predicted molar refractivity (Wildman–Crippen MR) is 115 cm³/mol. The molecule has 1 aromatic carbocycles. The zero-order valence-electron chi connectivity index (χ0n) is 17.4. The largest absolute Gasteiger partial charge is 0.472 e. The third-order valence-electron chi connectivity index (χ3n) is 7.27. The molecule has 6 rings (SSSR count). The van der Waals surface area contributed by atoms with Crippen molar-refractivity contribution >= 4 is 5.95 Å². The van der Waals surface area contributed by atoms with Crippen LogP contribution in [0.4, 0.5) is 5.95 Å². The highest BCUT2D eigenvalue weighted by molar-refractivity contribution is 5.77. The number of nitrogens with one attached hydrogen (secondary N) is 1. The summed E-state index contributed by atoms with van der Waals surface area (Å²) in [4.78, 5) is 14.4. The van der Waals surface area contributed by atoms with E-state index in [1.807, 2.05) is 18.6 Å². The number of aromatic nitrogens is 4. The number of ether oxygens (including phenoxy) is 1. The van der Waals surface area contributed by atoms with Gasteiger partial charge in [-0.05, 0) is 55.5 Å². The molecule has 0 aliphatic carbocycles. The Balaban J connectivity index is 1.28. The minimum atomic E-state index is 0.491. The summed E-state index contributed by atoms with van der Waals surface area (Å²) in [7, 11) is 4.41. The van der Waals surface area contributed by atoms with Gasteiger partial charge in [0.15, 0.2) is 0 Å². The first-order valence-corrected chi connectivity index (χ1v) is 10.7. The maximum atomic E-state index is 6.06. The Morgan fingerprint density at radius 3 is 2.70 bits per heavy atom. The molecule has 1 N–H and O–H groups in total. The summed E-state index contributed by atoms with van der Waals surface area (Å²) in [6.45, 7) is 0.520. The van der Waals surface area contributed by atoms with Gasteiger partial charge in [-0.2, -0.15) is 10.1 Å². The van der Waals surface area contributed by atoms with E-state index in [0.717, 1.165) is 33.8 Å². The van der Waals surface area contributed by atoms with Gasteiger partial charge in [-0.1, -0.05) is 12.1 Å². The van der Waals surface area contributed by atoms with Gasteiger partial charge in [0.1, 0.15) is 6.61 Å². The first-order valence-electron chi connectivity index (χ1n) is 10.7. The SMILES string of the molecule is CN(c1ncc2c(n1)OCc1cc(-c3cn[nH]c3)ccc1-2)C1CC2CCC(C1)N2C. The summed E-state index contributed by atoms with van der Waals surface area (Å²) in [5.41, 5.74) is 5.47. The lowest BCUT2D eigenvalue weighted by Crippen LogP contribution is -2.48. The molecular formula is C23H26N6O. The Morgan fingerprint density at radius 1 is 1.10 bits per heavy atom. The molecule has 2 aromatic heterocycles. The molecule has 7 nitrogen and oxygen atoms in total. The van der Waals surface area contributed by atoms with Crippen LogP contribution < -0.4 is 9.64 Å². The van der Waals surface area contributed by atoms with Crippen molar-refractivity contribution in [2.75, 3.05) is 19.0 Å². The second kappa shape index (κ2) is 6.80. The molecule has 2 bridgehead atoms. The molecule has 0 saturated carbocycles. The number of rotatable bonds is 3. The van der Waals surface area contributed by atoms with E-state index in [-0.39, 0.29) is 0 Å². The fourth-order valence-electron chi connectivity index (χ4n) is 5.39. The summed E-state index contributed by atoms with van der Waals surface area (Å²) < 4.78 is 6.06. The van der Waals surface area contributed by atoms with Crippen molar-refractivity contribution in [3.8, 4) is 28.1 Å². The average Bonchev–Trinajstić information content (AvgIpc) is 3.37. The molecule has 3 aliphatic rings. The van der Waals surface area contributed by atoms with Gasteiger partial charge < -0.3 is 14.5 Å². The normalized spacial score (nSPS) is 24.8.